The number of benzene rings is 1. The summed E-state index contributed by atoms with van der Waals surface area (Å²) in [7, 11) is 0. The minimum absolute atomic E-state index is 0.370. The second-order valence-electron chi connectivity index (χ2n) is 8.29. The lowest BCUT2D eigenvalue weighted by molar-refractivity contribution is 0.366. The third-order valence-electron chi connectivity index (χ3n) is 6.09. The van der Waals surface area contributed by atoms with Crippen LogP contribution in [-0.4, -0.2) is 34.6 Å². The van der Waals surface area contributed by atoms with Crippen molar-refractivity contribution in [2.45, 2.75) is 56.9 Å². The lowest BCUT2D eigenvalue weighted by atomic mass is 9.86. The number of nitrogens with zero attached hydrogens (tertiary/aromatic N) is 2. The zero-order chi connectivity index (χ0) is 20.6. The van der Waals surface area contributed by atoms with E-state index >= 15 is 0 Å². The van der Waals surface area contributed by atoms with Crippen LogP contribution in [0.4, 0.5) is 5.95 Å². The van der Waals surface area contributed by atoms with Crippen LogP contribution >= 0.6 is 0 Å². The molecule has 0 aliphatic carbocycles. The molecule has 2 aromatic heterocycles. The maximum Gasteiger partial charge on any atom is 0.223 e. The molecule has 3 heterocycles. The summed E-state index contributed by atoms with van der Waals surface area (Å²) >= 11 is 0. The van der Waals surface area contributed by atoms with Crippen LogP contribution in [0.25, 0.3) is 11.0 Å². The third-order valence-corrected chi connectivity index (χ3v) is 6.09. The molecule has 4 rings (SSSR count). The summed E-state index contributed by atoms with van der Waals surface area (Å²) in [6, 6.07) is 13.2. The molecule has 160 valence electrons. The topological polar surface area (TPSA) is 91.6 Å². The first kappa shape index (κ1) is 20.8. The highest BCUT2D eigenvalue weighted by molar-refractivity contribution is 5.79. The van der Waals surface area contributed by atoms with Gasteiger partial charge in [-0.05, 0) is 50.4 Å². The number of H-pyrrole nitrogens is 1. The van der Waals surface area contributed by atoms with E-state index in [9.17, 15) is 0 Å². The fraction of sp³-hybridized carbons (Fsp3) is 0.500. The number of unbranched alkanes of at least 4 members (excludes halogenated alkanes) is 4. The lowest BCUT2D eigenvalue weighted by Crippen LogP contribution is -2.31. The van der Waals surface area contributed by atoms with Crippen molar-refractivity contribution in [3.05, 3.63) is 53.9 Å². The molecule has 5 N–H and O–H groups in total. The maximum absolute atomic E-state index is 5.56. The highest BCUT2D eigenvalue weighted by Gasteiger charge is 2.27. The summed E-state index contributed by atoms with van der Waals surface area (Å²) in [5.41, 5.74) is 10.2. The van der Waals surface area contributed by atoms with Crippen LogP contribution in [0.3, 0.4) is 0 Å². The molecule has 1 aliphatic rings. The molecule has 30 heavy (non-hydrogen) atoms. The second kappa shape index (κ2) is 10.5. The van der Waals surface area contributed by atoms with Gasteiger partial charge in [-0.2, -0.15) is 0 Å². The Balaban J connectivity index is 1.43. The minimum Gasteiger partial charge on any atom is -0.358 e. The first-order valence-electron chi connectivity index (χ1n) is 11.4. The van der Waals surface area contributed by atoms with E-state index in [0.717, 1.165) is 68.0 Å². The normalized spacial score (nSPS) is 19.2. The number of rotatable bonds is 10. The lowest BCUT2D eigenvalue weighted by Gasteiger charge is -2.30. The van der Waals surface area contributed by atoms with E-state index in [4.69, 9.17) is 15.7 Å². The minimum atomic E-state index is 0.370. The van der Waals surface area contributed by atoms with Gasteiger partial charge in [0.2, 0.25) is 5.95 Å². The fourth-order valence-electron chi connectivity index (χ4n) is 4.45. The van der Waals surface area contributed by atoms with E-state index in [1.165, 1.54) is 24.8 Å². The fourth-order valence-corrected chi connectivity index (χ4v) is 4.45. The Kier molecular flexibility index (Phi) is 7.32. The van der Waals surface area contributed by atoms with Gasteiger partial charge in [0, 0.05) is 24.7 Å². The molecule has 1 aliphatic heterocycles. The van der Waals surface area contributed by atoms with Gasteiger partial charge in [-0.3, -0.25) is 0 Å². The number of anilines is 1. The first-order chi connectivity index (χ1) is 14.8. The second-order valence-corrected chi connectivity index (χ2v) is 8.29. The molecular weight excluding hydrogens is 372 g/mol. The Morgan fingerprint density at radius 3 is 2.70 bits per heavy atom. The SMILES string of the molecule is NCCCCCCCNc1nc(C2CCNC(c3ccccc3)C2)c2[nH]ccc2n1. The van der Waals surface area contributed by atoms with Crippen molar-refractivity contribution in [2.24, 2.45) is 5.73 Å². The average molecular weight is 407 g/mol. The predicted octanol–water partition coefficient (Wildman–Crippen LogP) is 4.49. The first-order valence-corrected chi connectivity index (χ1v) is 11.4. The van der Waals surface area contributed by atoms with E-state index in [1.54, 1.807) is 0 Å². The number of aromatic amines is 1. The molecule has 6 nitrogen and oxygen atoms in total. The van der Waals surface area contributed by atoms with Crippen LogP contribution in [0, 0.1) is 0 Å². The molecule has 6 heteroatoms. The zero-order valence-corrected chi connectivity index (χ0v) is 17.7. The Hall–Kier alpha value is -2.44. The van der Waals surface area contributed by atoms with E-state index in [0.29, 0.717) is 12.0 Å². The Morgan fingerprint density at radius 2 is 1.83 bits per heavy atom. The van der Waals surface area contributed by atoms with E-state index in [-0.39, 0.29) is 0 Å². The number of nitrogens with one attached hydrogen (secondary N) is 3. The Labute approximate surface area is 179 Å². The van der Waals surface area contributed by atoms with Crippen LogP contribution in [-0.2, 0) is 0 Å². The van der Waals surface area contributed by atoms with Gasteiger partial charge >= 0.3 is 0 Å². The summed E-state index contributed by atoms with van der Waals surface area (Å²) in [5, 5.41) is 7.14. The van der Waals surface area contributed by atoms with E-state index in [1.807, 2.05) is 12.3 Å². The average Bonchev–Trinajstić information content (AvgIpc) is 3.27. The van der Waals surface area contributed by atoms with Crippen LogP contribution in [0.15, 0.2) is 42.6 Å². The van der Waals surface area contributed by atoms with Crippen molar-refractivity contribution in [3.8, 4) is 0 Å². The molecule has 1 fully saturated rings. The highest BCUT2D eigenvalue weighted by Crippen LogP contribution is 2.36. The van der Waals surface area contributed by atoms with Crippen molar-refractivity contribution in [2.75, 3.05) is 25.0 Å². The molecule has 0 radical (unpaired) electrons. The van der Waals surface area contributed by atoms with Gasteiger partial charge in [-0.15, -0.1) is 0 Å². The van der Waals surface area contributed by atoms with Crippen molar-refractivity contribution in [3.63, 3.8) is 0 Å². The molecule has 0 bridgehead atoms. The van der Waals surface area contributed by atoms with Gasteiger partial charge in [-0.1, -0.05) is 49.6 Å². The van der Waals surface area contributed by atoms with Gasteiger partial charge in [0.05, 0.1) is 16.7 Å². The number of hydrogen-bond donors (Lipinski definition) is 4. The number of hydrogen-bond acceptors (Lipinski definition) is 5. The summed E-state index contributed by atoms with van der Waals surface area (Å²) in [6.45, 7) is 2.71. The van der Waals surface area contributed by atoms with Crippen molar-refractivity contribution in [1.29, 1.82) is 0 Å². The summed E-state index contributed by atoms with van der Waals surface area (Å²) in [6.07, 6.45) is 10.1. The number of fused-ring (bicyclic) bond motifs is 1. The van der Waals surface area contributed by atoms with Gasteiger partial charge in [0.1, 0.15) is 0 Å². The monoisotopic (exact) mass is 406 g/mol. The van der Waals surface area contributed by atoms with Crippen molar-refractivity contribution in [1.82, 2.24) is 20.3 Å². The van der Waals surface area contributed by atoms with Gasteiger partial charge in [-0.25, -0.2) is 9.97 Å². The predicted molar refractivity (Wildman–Crippen MR) is 124 cm³/mol. The summed E-state index contributed by atoms with van der Waals surface area (Å²) < 4.78 is 0. The quantitative estimate of drug-likeness (QED) is 0.372. The number of piperidine rings is 1. The number of aromatic nitrogens is 3. The standard InChI is InChI=1S/C24H34N6/c25-13-7-2-1-3-8-14-28-24-29-20-12-16-27-23(20)22(30-24)19-11-15-26-21(17-19)18-9-5-4-6-10-18/h4-6,9-10,12,16,19,21,26-27H,1-3,7-8,11,13-15,17,25H2,(H,28,29,30). The number of nitrogens with two attached hydrogens (primary N) is 1. The molecule has 1 aromatic carbocycles. The molecule has 0 amide bonds. The van der Waals surface area contributed by atoms with Crippen LogP contribution in [0.5, 0.6) is 0 Å². The maximum atomic E-state index is 5.56. The third kappa shape index (κ3) is 5.18. The van der Waals surface area contributed by atoms with Gasteiger partial charge < -0.3 is 21.4 Å². The zero-order valence-electron chi connectivity index (χ0n) is 17.7. The molecule has 2 unspecified atom stereocenters. The smallest absolute Gasteiger partial charge is 0.223 e. The van der Waals surface area contributed by atoms with Crippen molar-refractivity contribution < 1.29 is 0 Å². The van der Waals surface area contributed by atoms with Gasteiger partial charge in [0.25, 0.3) is 0 Å². The molecular formula is C24H34N6. The van der Waals surface area contributed by atoms with Crippen molar-refractivity contribution >= 4 is 17.0 Å². The van der Waals surface area contributed by atoms with Crippen LogP contribution in [0.2, 0.25) is 0 Å². The Bertz CT molecular complexity index is 906. The highest BCUT2D eigenvalue weighted by atomic mass is 15.1. The van der Waals surface area contributed by atoms with Crippen LogP contribution < -0.4 is 16.4 Å². The van der Waals surface area contributed by atoms with Gasteiger partial charge in [0.15, 0.2) is 0 Å². The van der Waals surface area contributed by atoms with E-state index in [2.05, 4.69) is 45.9 Å². The molecule has 0 saturated carbocycles. The largest absolute Gasteiger partial charge is 0.358 e. The molecule has 2 atom stereocenters. The summed E-state index contributed by atoms with van der Waals surface area (Å²) in [5.74, 6) is 1.17. The molecule has 0 spiro atoms. The molecule has 3 aromatic rings. The van der Waals surface area contributed by atoms with Crippen LogP contribution in [0.1, 0.15) is 68.2 Å². The summed E-state index contributed by atoms with van der Waals surface area (Å²) in [4.78, 5) is 13.1. The molecule has 1 saturated heterocycles. The van der Waals surface area contributed by atoms with E-state index < -0.39 is 0 Å². The Morgan fingerprint density at radius 1 is 1.00 bits per heavy atom.